The summed E-state index contributed by atoms with van der Waals surface area (Å²) in [6, 6.07) is 11.1. The van der Waals surface area contributed by atoms with Crippen LogP contribution >= 0.6 is 15.9 Å². The number of anilines is 1. The van der Waals surface area contributed by atoms with Gasteiger partial charge in [-0.3, -0.25) is 4.79 Å². The van der Waals surface area contributed by atoms with Gasteiger partial charge in [-0.25, -0.2) is 4.98 Å². The van der Waals surface area contributed by atoms with E-state index >= 15 is 0 Å². The summed E-state index contributed by atoms with van der Waals surface area (Å²) in [4.78, 5) is 16.4. The minimum Gasteiger partial charge on any atom is -0.307 e. The Morgan fingerprint density at radius 1 is 1.17 bits per heavy atom. The summed E-state index contributed by atoms with van der Waals surface area (Å²) in [6.45, 7) is 3.79. The maximum atomic E-state index is 12.1. The summed E-state index contributed by atoms with van der Waals surface area (Å²) in [7, 11) is 0. The third-order valence-electron chi connectivity index (χ3n) is 2.64. The van der Waals surface area contributed by atoms with Gasteiger partial charge in [-0.1, -0.05) is 28.1 Å². The molecule has 0 unspecified atom stereocenters. The second-order valence-electron chi connectivity index (χ2n) is 4.03. The van der Waals surface area contributed by atoms with Gasteiger partial charge in [0.2, 0.25) is 0 Å². The van der Waals surface area contributed by atoms with Crippen LogP contribution in [0.15, 0.2) is 40.9 Å². The number of hydrogen-bond donors (Lipinski definition) is 1. The summed E-state index contributed by atoms with van der Waals surface area (Å²) in [5.41, 5.74) is 2.44. The Morgan fingerprint density at radius 3 is 2.61 bits per heavy atom. The molecule has 0 atom stereocenters. The highest BCUT2D eigenvalue weighted by atomic mass is 79.9. The molecule has 1 aromatic heterocycles. The molecular weight excluding hydrogens is 292 g/mol. The molecule has 2 rings (SSSR count). The van der Waals surface area contributed by atoms with Crippen LogP contribution in [0.1, 0.15) is 21.6 Å². The van der Waals surface area contributed by atoms with Crippen molar-refractivity contribution in [3.63, 3.8) is 0 Å². The van der Waals surface area contributed by atoms with E-state index in [0.29, 0.717) is 11.4 Å². The van der Waals surface area contributed by atoms with E-state index in [1.165, 1.54) is 0 Å². The lowest BCUT2D eigenvalue weighted by Gasteiger charge is -2.08. The summed E-state index contributed by atoms with van der Waals surface area (Å²) in [5, 5.41) is 2.80. The Morgan fingerprint density at radius 2 is 1.89 bits per heavy atom. The van der Waals surface area contributed by atoms with Crippen LogP contribution in [-0.2, 0) is 0 Å². The molecule has 0 saturated carbocycles. The van der Waals surface area contributed by atoms with Crippen LogP contribution in [-0.4, -0.2) is 10.9 Å². The summed E-state index contributed by atoms with van der Waals surface area (Å²) in [6.07, 6.45) is 0. The van der Waals surface area contributed by atoms with Gasteiger partial charge < -0.3 is 5.32 Å². The van der Waals surface area contributed by atoms with Crippen molar-refractivity contribution >= 4 is 27.7 Å². The smallest absolute Gasteiger partial charge is 0.257 e. The predicted octanol–water partition coefficient (Wildman–Crippen LogP) is 3.71. The lowest BCUT2D eigenvalue weighted by Crippen LogP contribution is -2.14. The minimum atomic E-state index is -0.146. The maximum absolute atomic E-state index is 12.1. The van der Waals surface area contributed by atoms with Gasteiger partial charge in [-0.05, 0) is 43.7 Å². The van der Waals surface area contributed by atoms with Crippen LogP contribution in [0.3, 0.4) is 0 Å². The van der Waals surface area contributed by atoms with Gasteiger partial charge >= 0.3 is 0 Å². The van der Waals surface area contributed by atoms with Gasteiger partial charge in [0.15, 0.2) is 0 Å². The summed E-state index contributed by atoms with van der Waals surface area (Å²) < 4.78 is 0.923. The molecule has 1 heterocycles. The molecule has 0 aliphatic heterocycles. The maximum Gasteiger partial charge on any atom is 0.257 e. The molecule has 1 N–H and O–H groups in total. The number of aryl methyl sites for hydroxylation is 1. The van der Waals surface area contributed by atoms with Crippen molar-refractivity contribution in [3.05, 3.63) is 57.7 Å². The Hall–Kier alpha value is -1.68. The molecular formula is C14H13BrN2O. The molecule has 1 aromatic carbocycles. The number of hydrogen-bond acceptors (Lipinski definition) is 2. The fourth-order valence-electron chi connectivity index (χ4n) is 1.65. The van der Waals surface area contributed by atoms with E-state index in [2.05, 4.69) is 26.2 Å². The van der Waals surface area contributed by atoms with Crippen LogP contribution in [0.5, 0.6) is 0 Å². The van der Waals surface area contributed by atoms with Gasteiger partial charge in [-0.2, -0.15) is 0 Å². The van der Waals surface area contributed by atoms with Crippen molar-refractivity contribution in [1.82, 2.24) is 4.98 Å². The van der Waals surface area contributed by atoms with Crippen molar-refractivity contribution in [2.24, 2.45) is 0 Å². The van der Waals surface area contributed by atoms with E-state index < -0.39 is 0 Å². The van der Waals surface area contributed by atoms with Crippen LogP contribution < -0.4 is 5.32 Å². The minimum absolute atomic E-state index is 0.146. The number of nitrogens with zero attached hydrogens (tertiary/aromatic N) is 1. The van der Waals surface area contributed by atoms with Gasteiger partial charge in [0, 0.05) is 15.7 Å². The molecule has 0 aliphatic rings. The molecule has 0 fully saturated rings. The molecule has 3 nitrogen and oxygen atoms in total. The largest absolute Gasteiger partial charge is 0.307 e. The molecule has 18 heavy (non-hydrogen) atoms. The fourth-order valence-corrected chi connectivity index (χ4v) is 2.02. The zero-order chi connectivity index (χ0) is 13.1. The number of benzene rings is 1. The molecule has 0 bridgehead atoms. The number of pyridine rings is 1. The van der Waals surface area contributed by atoms with Crippen LogP contribution in [0, 0.1) is 13.8 Å². The summed E-state index contributed by atoms with van der Waals surface area (Å²) >= 11 is 3.42. The average molecular weight is 305 g/mol. The first-order chi connectivity index (χ1) is 8.58. The van der Waals surface area contributed by atoms with E-state index in [1.807, 2.05) is 38.1 Å². The highest BCUT2D eigenvalue weighted by Crippen LogP contribution is 2.20. The van der Waals surface area contributed by atoms with E-state index in [0.717, 1.165) is 15.7 Å². The quantitative estimate of drug-likeness (QED) is 0.919. The monoisotopic (exact) mass is 304 g/mol. The number of amides is 1. The standard InChI is InChI=1S/C14H13BrN2O/c1-9-5-3-8-13(16-9)17-14(18)11-6-4-7-12(15)10(11)2/h3-8H,1-2H3,(H,16,17,18). The normalized spacial score (nSPS) is 10.2. The first-order valence-electron chi connectivity index (χ1n) is 5.58. The van der Waals surface area contributed by atoms with Gasteiger partial charge in [0.1, 0.15) is 5.82 Å². The molecule has 0 radical (unpaired) electrons. The molecule has 4 heteroatoms. The highest BCUT2D eigenvalue weighted by Gasteiger charge is 2.11. The van der Waals surface area contributed by atoms with Crippen molar-refractivity contribution in [2.45, 2.75) is 13.8 Å². The molecule has 0 aliphatic carbocycles. The molecule has 0 saturated heterocycles. The van der Waals surface area contributed by atoms with E-state index in [-0.39, 0.29) is 5.91 Å². The Balaban J connectivity index is 2.25. The van der Waals surface area contributed by atoms with Gasteiger partial charge in [0.05, 0.1) is 0 Å². The zero-order valence-electron chi connectivity index (χ0n) is 10.2. The zero-order valence-corrected chi connectivity index (χ0v) is 11.8. The second-order valence-corrected chi connectivity index (χ2v) is 4.89. The van der Waals surface area contributed by atoms with Crippen LogP contribution in [0.4, 0.5) is 5.82 Å². The van der Waals surface area contributed by atoms with E-state index in [4.69, 9.17) is 0 Å². The first-order valence-corrected chi connectivity index (χ1v) is 6.37. The number of carbonyl (C=O) groups excluding carboxylic acids is 1. The van der Waals surface area contributed by atoms with Crippen molar-refractivity contribution < 1.29 is 4.79 Å². The van der Waals surface area contributed by atoms with Gasteiger partial charge in [0.25, 0.3) is 5.91 Å². The SMILES string of the molecule is Cc1cccc(NC(=O)c2cccc(Br)c2C)n1. The number of carbonyl (C=O) groups is 1. The fraction of sp³-hybridized carbons (Fsp3) is 0.143. The number of halogens is 1. The highest BCUT2D eigenvalue weighted by molar-refractivity contribution is 9.10. The Kier molecular flexibility index (Phi) is 3.77. The lowest BCUT2D eigenvalue weighted by atomic mass is 10.1. The van der Waals surface area contributed by atoms with Crippen molar-refractivity contribution in [1.29, 1.82) is 0 Å². The van der Waals surface area contributed by atoms with Crippen molar-refractivity contribution in [2.75, 3.05) is 5.32 Å². The topological polar surface area (TPSA) is 42.0 Å². The molecule has 2 aromatic rings. The van der Waals surface area contributed by atoms with Crippen molar-refractivity contribution in [3.8, 4) is 0 Å². The van der Waals surface area contributed by atoms with E-state index in [9.17, 15) is 4.79 Å². The van der Waals surface area contributed by atoms with E-state index in [1.54, 1.807) is 12.1 Å². The lowest BCUT2D eigenvalue weighted by molar-refractivity contribution is 0.102. The molecule has 0 spiro atoms. The molecule has 1 amide bonds. The third-order valence-corrected chi connectivity index (χ3v) is 3.50. The summed E-state index contributed by atoms with van der Waals surface area (Å²) in [5.74, 6) is 0.422. The van der Waals surface area contributed by atoms with Crippen LogP contribution in [0.25, 0.3) is 0 Å². The third kappa shape index (κ3) is 2.76. The first kappa shape index (κ1) is 12.8. The Bertz CT molecular complexity index is 596. The van der Waals surface area contributed by atoms with Gasteiger partial charge in [-0.15, -0.1) is 0 Å². The number of aromatic nitrogens is 1. The van der Waals surface area contributed by atoms with Crippen LogP contribution in [0.2, 0.25) is 0 Å². The number of rotatable bonds is 2. The predicted molar refractivity (Wildman–Crippen MR) is 75.8 cm³/mol. The molecule has 92 valence electrons. The average Bonchev–Trinajstić information content (AvgIpc) is 2.32. The number of nitrogens with one attached hydrogen (secondary N) is 1. The Labute approximate surface area is 114 Å². The second kappa shape index (κ2) is 5.31.